The number of halogens is 3. The van der Waals surface area contributed by atoms with E-state index in [1.165, 1.54) is 0 Å². The van der Waals surface area contributed by atoms with Crippen LogP contribution in [0.25, 0.3) is 11.1 Å². The van der Waals surface area contributed by atoms with Crippen molar-refractivity contribution in [2.75, 3.05) is 0 Å². The first kappa shape index (κ1) is 12.5. The second-order valence-electron chi connectivity index (χ2n) is 3.41. The Morgan fingerprint density at radius 2 is 1.35 bits per heavy atom. The summed E-state index contributed by atoms with van der Waals surface area (Å²) in [7, 11) is 0. The molecular weight excluding hydrogens is 341 g/mol. The van der Waals surface area contributed by atoms with Gasteiger partial charge in [-0.15, -0.1) is 0 Å². The van der Waals surface area contributed by atoms with E-state index in [4.69, 9.17) is 0 Å². The van der Waals surface area contributed by atoms with E-state index in [2.05, 4.69) is 0 Å². The van der Waals surface area contributed by atoms with Gasteiger partial charge in [0.15, 0.2) is 0 Å². The third kappa shape index (κ3) is 3.49. The molecular formula is C13H9F3Te. The quantitative estimate of drug-likeness (QED) is 0.730. The summed E-state index contributed by atoms with van der Waals surface area (Å²) < 4.78 is 33.9. The summed E-state index contributed by atoms with van der Waals surface area (Å²) in [4.78, 5) is 0. The van der Waals surface area contributed by atoms with Crippen LogP contribution in [0.4, 0.5) is 13.2 Å². The number of rotatable bonds is 2. The Morgan fingerprint density at radius 1 is 0.765 bits per heavy atom. The van der Waals surface area contributed by atoms with Crippen molar-refractivity contribution in [1.82, 2.24) is 0 Å². The Bertz CT molecular complexity index is 492. The standard InChI is InChI=1S/C13H9F3Te/c14-13(15,16)17-12-9-5-4-8-11(12)10-6-2-1-3-7-10/h1-9H. The van der Waals surface area contributed by atoms with Crippen molar-refractivity contribution in [2.24, 2.45) is 0 Å². The van der Waals surface area contributed by atoms with E-state index in [9.17, 15) is 13.2 Å². The third-order valence-electron chi connectivity index (χ3n) is 2.20. The van der Waals surface area contributed by atoms with Gasteiger partial charge in [0.2, 0.25) is 0 Å². The zero-order chi connectivity index (χ0) is 12.3. The van der Waals surface area contributed by atoms with E-state index in [-0.39, 0.29) is 0 Å². The molecule has 2 aromatic rings. The van der Waals surface area contributed by atoms with Crippen LogP contribution in [0.3, 0.4) is 0 Å². The Balaban J connectivity index is 2.41. The van der Waals surface area contributed by atoms with Gasteiger partial charge >= 0.3 is 108 Å². The topological polar surface area (TPSA) is 0 Å². The molecule has 0 unspecified atom stereocenters. The zero-order valence-electron chi connectivity index (χ0n) is 8.74. The van der Waals surface area contributed by atoms with Gasteiger partial charge in [0.25, 0.3) is 0 Å². The summed E-state index contributed by atoms with van der Waals surface area (Å²) in [6.07, 6.45) is 0. The van der Waals surface area contributed by atoms with Crippen LogP contribution in [0.5, 0.6) is 0 Å². The molecule has 0 N–H and O–H groups in total. The summed E-state index contributed by atoms with van der Waals surface area (Å²) >= 11 is -2.16. The molecule has 0 saturated carbocycles. The molecule has 17 heavy (non-hydrogen) atoms. The number of alkyl halides is 3. The van der Waals surface area contributed by atoms with E-state index >= 15 is 0 Å². The van der Waals surface area contributed by atoms with Crippen LogP contribution in [0, 0.1) is 0 Å². The molecule has 0 aromatic heterocycles. The van der Waals surface area contributed by atoms with Crippen molar-refractivity contribution in [2.45, 2.75) is 4.22 Å². The Labute approximate surface area is 108 Å². The van der Waals surface area contributed by atoms with Crippen LogP contribution < -0.4 is 3.61 Å². The van der Waals surface area contributed by atoms with Gasteiger partial charge in [0, 0.05) is 0 Å². The second-order valence-corrected chi connectivity index (χ2v) is 6.57. The summed E-state index contributed by atoms with van der Waals surface area (Å²) in [6, 6.07) is 16.0. The second kappa shape index (κ2) is 5.12. The van der Waals surface area contributed by atoms with E-state index in [0.29, 0.717) is 9.17 Å². The van der Waals surface area contributed by atoms with Crippen LogP contribution in [0.2, 0.25) is 0 Å². The van der Waals surface area contributed by atoms with E-state index in [1.807, 2.05) is 30.3 Å². The SMILES string of the molecule is FC(F)(F)[Te]c1ccccc1-c1ccccc1. The number of hydrogen-bond donors (Lipinski definition) is 0. The van der Waals surface area contributed by atoms with Crippen LogP contribution in [-0.2, 0) is 0 Å². The molecule has 0 aliphatic heterocycles. The van der Waals surface area contributed by atoms with E-state index in [1.54, 1.807) is 24.3 Å². The summed E-state index contributed by atoms with van der Waals surface area (Å²) in [6.45, 7) is 0. The first-order chi connectivity index (χ1) is 8.06. The number of benzene rings is 2. The van der Waals surface area contributed by atoms with Crippen molar-refractivity contribution in [3.63, 3.8) is 0 Å². The van der Waals surface area contributed by atoms with Gasteiger partial charge in [-0.05, 0) is 0 Å². The molecule has 0 atom stereocenters. The van der Waals surface area contributed by atoms with Crippen molar-refractivity contribution in [3.8, 4) is 11.1 Å². The summed E-state index contributed by atoms with van der Waals surface area (Å²) in [5, 5.41) is 0. The van der Waals surface area contributed by atoms with Gasteiger partial charge < -0.3 is 0 Å². The Morgan fingerprint density at radius 3 is 2.00 bits per heavy atom. The summed E-state index contributed by atoms with van der Waals surface area (Å²) in [5.41, 5.74) is 1.55. The summed E-state index contributed by atoms with van der Waals surface area (Å²) in [5.74, 6) is 0. The molecule has 0 spiro atoms. The normalized spacial score (nSPS) is 11.5. The average Bonchev–Trinajstić information content (AvgIpc) is 2.29. The van der Waals surface area contributed by atoms with Gasteiger partial charge in [-0.2, -0.15) is 0 Å². The molecule has 88 valence electrons. The van der Waals surface area contributed by atoms with Gasteiger partial charge in [0.05, 0.1) is 0 Å². The van der Waals surface area contributed by atoms with E-state index < -0.39 is 25.1 Å². The zero-order valence-corrected chi connectivity index (χ0v) is 11.1. The molecule has 2 rings (SSSR count). The molecule has 0 saturated heterocycles. The van der Waals surface area contributed by atoms with Crippen LogP contribution in [0.15, 0.2) is 54.6 Å². The fraction of sp³-hybridized carbons (Fsp3) is 0.0769. The first-order valence-electron chi connectivity index (χ1n) is 4.96. The van der Waals surface area contributed by atoms with Gasteiger partial charge in [-0.1, -0.05) is 0 Å². The molecule has 0 fully saturated rings. The van der Waals surface area contributed by atoms with Crippen molar-refractivity contribution in [1.29, 1.82) is 0 Å². The van der Waals surface area contributed by atoms with Crippen LogP contribution in [-0.4, -0.2) is 25.1 Å². The fourth-order valence-electron chi connectivity index (χ4n) is 1.54. The molecule has 0 heterocycles. The van der Waals surface area contributed by atoms with Gasteiger partial charge in [-0.25, -0.2) is 0 Å². The maximum atomic E-state index is 12.5. The minimum atomic E-state index is -4.05. The predicted molar refractivity (Wildman–Crippen MR) is 63.3 cm³/mol. The third-order valence-corrected chi connectivity index (χ3v) is 4.50. The fourth-order valence-corrected chi connectivity index (χ4v) is 3.51. The monoisotopic (exact) mass is 352 g/mol. The molecule has 2 aromatic carbocycles. The Kier molecular flexibility index (Phi) is 3.76. The molecule has 0 radical (unpaired) electrons. The van der Waals surface area contributed by atoms with Gasteiger partial charge in [0.1, 0.15) is 0 Å². The average molecular weight is 350 g/mol. The van der Waals surface area contributed by atoms with Crippen LogP contribution >= 0.6 is 0 Å². The Hall–Kier alpha value is -0.980. The van der Waals surface area contributed by atoms with Crippen molar-refractivity contribution >= 4 is 24.5 Å². The van der Waals surface area contributed by atoms with Crippen LogP contribution in [0.1, 0.15) is 0 Å². The van der Waals surface area contributed by atoms with E-state index in [0.717, 1.165) is 5.56 Å². The molecule has 0 nitrogen and oxygen atoms in total. The molecule has 0 bridgehead atoms. The maximum absolute atomic E-state index is 12.5. The molecule has 4 heteroatoms. The first-order valence-corrected chi connectivity index (χ1v) is 7.29. The van der Waals surface area contributed by atoms with Gasteiger partial charge in [-0.3, -0.25) is 0 Å². The molecule has 0 aliphatic rings. The van der Waals surface area contributed by atoms with Crippen molar-refractivity contribution in [3.05, 3.63) is 54.6 Å². The van der Waals surface area contributed by atoms with Crippen molar-refractivity contribution < 1.29 is 13.2 Å². The molecule has 0 amide bonds. The molecule has 0 aliphatic carbocycles. The predicted octanol–water partition coefficient (Wildman–Crippen LogP) is 3.20. The number of hydrogen-bond acceptors (Lipinski definition) is 0. The minimum absolute atomic E-state index is 0.441.